The van der Waals surface area contributed by atoms with Crippen molar-refractivity contribution in [2.75, 3.05) is 13.2 Å². The molecular weight excluding hydrogens is 278 g/mol. The van der Waals surface area contributed by atoms with Gasteiger partial charge < -0.3 is 10.8 Å². The maximum atomic E-state index is 11.7. The predicted molar refractivity (Wildman–Crippen MR) is 71.2 cm³/mol. The fourth-order valence-corrected chi connectivity index (χ4v) is 2.16. The van der Waals surface area contributed by atoms with Gasteiger partial charge in [-0.3, -0.25) is 4.18 Å². The topological polar surface area (TPSA) is 89.6 Å². The van der Waals surface area contributed by atoms with Gasteiger partial charge in [-0.2, -0.15) is 8.42 Å². The van der Waals surface area contributed by atoms with Crippen molar-refractivity contribution < 1.29 is 17.7 Å². The molecule has 0 amide bonds. The number of hydrogen-bond donors (Lipinski definition) is 2. The Labute approximate surface area is 113 Å². The number of aryl methyl sites for hydroxylation is 1. The second-order valence-electron chi connectivity index (χ2n) is 3.78. The largest absolute Gasteiger partial charge is 0.391 e. The molecule has 0 spiro atoms. The van der Waals surface area contributed by atoms with Crippen LogP contribution >= 0.6 is 12.4 Å². The Morgan fingerprint density at radius 1 is 1.33 bits per heavy atom. The molecule has 7 heteroatoms. The van der Waals surface area contributed by atoms with E-state index in [0.29, 0.717) is 6.42 Å². The Morgan fingerprint density at radius 2 is 1.89 bits per heavy atom. The first kappa shape index (κ1) is 17.3. The zero-order valence-electron chi connectivity index (χ0n) is 10.1. The molecule has 0 fully saturated rings. The number of aliphatic hydroxyl groups excluding tert-OH is 1. The highest BCUT2D eigenvalue weighted by molar-refractivity contribution is 7.86. The Morgan fingerprint density at radius 3 is 2.39 bits per heavy atom. The fraction of sp³-hybridized carbons (Fsp3) is 0.455. The van der Waals surface area contributed by atoms with Gasteiger partial charge in [0.05, 0.1) is 17.6 Å². The summed E-state index contributed by atoms with van der Waals surface area (Å²) in [5.41, 5.74) is 6.20. The van der Waals surface area contributed by atoms with Crippen LogP contribution in [-0.4, -0.2) is 32.8 Å². The summed E-state index contributed by atoms with van der Waals surface area (Å²) in [7, 11) is -3.79. The molecule has 0 aliphatic rings. The van der Waals surface area contributed by atoms with E-state index in [1.54, 1.807) is 12.1 Å². The van der Waals surface area contributed by atoms with Gasteiger partial charge in [0.2, 0.25) is 0 Å². The molecule has 0 radical (unpaired) electrons. The summed E-state index contributed by atoms with van der Waals surface area (Å²) in [6, 6.07) is 6.32. The number of aliphatic hydroxyl groups is 1. The van der Waals surface area contributed by atoms with E-state index < -0.39 is 16.2 Å². The first-order valence-corrected chi connectivity index (χ1v) is 6.71. The Hall–Kier alpha value is -0.660. The average Bonchev–Trinajstić information content (AvgIpc) is 2.28. The van der Waals surface area contributed by atoms with Gasteiger partial charge in [0.25, 0.3) is 10.1 Å². The van der Waals surface area contributed by atoms with Gasteiger partial charge >= 0.3 is 0 Å². The van der Waals surface area contributed by atoms with Gasteiger partial charge in [-0.05, 0) is 32.0 Å². The van der Waals surface area contributed by atoms with E-state index in [9.17, 15) is 13.5 Å². The quantitative estimate of drug-likeness (QED) is 0.759. The lowest BCUT2D eigenvalue weighted by atomic mass is 10.2. The summed E-state index contributed by atoms with van der Waals surface area (Å²) in [6.07, 6.45) is -0.552. The molecule has 1 atom stereocenters. The second kappa shape index (κ2) is 7.70. The Kier molecular flexibility index (Phi) is 7.42. The molecule has 0 saturated carbocycles. The molecular formula is C11H18ClNO4S. The van der Waals surface area contributed by atoms with Gasteiger partial charge in [0.1, 0.15) is 0 Å². The van der Waals surface area contributed by atoms with E-state index in [1.165, 1.54) is 12.1 Å². The van der Waals surface area contributed by atoms with E-state index in [-0.39, 0.29) is 30.5 Å². The summed E-state index contributed by atoms with van der Waals surface area (Å²) in [6.45, 7) is 1.88. The summed E-state index contributed by atoms with van der Waals surface area (Å²) in [5, 5.41) is 9.33. The predicted octanol–water partition coefficient (Wildman–Crippen LogP) is 0.832. The van der Waals surface area contributed by atoms with Gasteiger partial charge in [-0.25, -0.2) is 0 Å². The molecule has 0 aliphatic heterocycles. The normalized spacial score (nSPS) is 12.8. The highest BCUT2D eigenvalue weighted by Crippen LogP contribution is 2.13. The van der Waals surface area contributed by atoms with Crippen LogP contribution in [-0.2, 0) is 14.3 Å². The lowest BCUT2D eigenvalue weighted by molar-refractivity contribution is 0.105. The fourth-order valence-electron chi connectivity index (χ4n) is 1.22. The van der Waals surface area contributed by atoms with E-state index >= 15 is 0 Å². The molecule has 1 aromatic rings. The summed E-state index contributed by atoms with van der Waals surface area (Å²) >= 11 is 0. The zero-order chi connectivity index (χ0) is 12.9. The van der Waals surface area contributed by atoms with Crippen molar-refractivity contribution in [3.8, 4) is 0 Å². The van der Waals surface area contributed by atoms with Crippen molar-refractivity contribution in [3.05, 3.63) is 29.8 Å². The molecule has 0 aromatic heterocycles. The van der Waals surface area contributed by atoms with Crippen LogP contribution in [0, 0.1) is 6.92 Å². The second-order valence-corrected chi connectivity index (χ2v) is 5.40. The van der Waals surface area contributed by atoms with Gasteiger partial charge in [0, 0.05) is 0 Å². The van der Waals surface area contributed by atoms with Crippen molar-refractivity contribution in [1.82, 2.24) is 0 Å². The van der Waals surface area contributed by atoms with Crippen molar-refractivity contribution >= 4 is 22.5 Å². The van der Waals surface area contributed by atoms with Crippen molar-refractivity contribution in [1.29, 1.82) is 0 Å². The Bertz CT molecular complexity index is 447. The molecule has 0 bridgehead atoms. The molecule has 0 unspecified atom stereocenters. The number of hydrogen-bond acceptors (Lipinski definition) is 5. The van der Waals surface area contributed by atoms with Crippen LogP contribution in [0.25, 0.3) is 0 Å². The monoisotopic (exact) mass is 295 g/mol. The highest BCUT2D eigenvalue weighted by Gasteiger charge is 2.16. The van der Waals surface area contributed by atoms with Crippen LogP contribution in [0.2, 0.25) is 0 Å². The molecule has 3 N–H and O–H groups in total. The number of halogens is 1. The number of rotatable bonds is 6. The van der Waals surface area contributed by atoms with E-state index in [0.717, 1.165) is 5.56 Å². The lowest BCUT2D eigenvalue weighted by Gasteiger charge is -2.10. The van der Waals surface area contributed by atoms with Crippen LogP contribution in [0.1, 0.15) is 12.0 Å². The summed E-state index contributed by atoms with van der Waals surface area (Å²) in [4.78, 5) is 0.0862. The minimum atomic E-state index is -3.79. The standard InChI is InChI=1S/C11H17NO4S.ClH/c1-9-2-4-11(5-3-9)17(14,15)16-8-10(13)6-7-12;/h2-5,10,13H,6-8,12H2,1H3;1H/t10-;/m0./s1. The minimum Gasteiger partial charge on any atom is -0.391 e. The van der Waals surface area contributed by atoms with Crippen LogP contribution in [0.3, 0.4) is 0 Å². The van der Waals surface area contributed by atoms with Crippen LogP contribution in [0.5, 0.6) is 0 Å². The van der Waals surface area contributed by atoms with Crippen molar-refractivity contribution in [2.45, 2.75) is 24.3 Å². The molecule has 0 aliphatic carbocycles. The highest BCUT2D eigenvalue weighted by atomic mass is 35.5. The van der Waals surface area contributed by atoms with Crippen LogP contribution in [0.15, 0.2) is 29.2 Å². The third-order valence-corrected chi connectivity index (χ3v) is 3.52. The van der Waals surface area contributed by atoms with E-state index in [2.05, 4.69) is 0 Å². The van der Waals surface area contributed by atoms with Gasteiger partial charge in [-0.1, -0.05) is 17.7 Å². The van der Waals surface area contributed by atoms with Crippen molar-refractivity contribution in [2.24, 2.45) is 5.73 Å². The average molecular weight is 296 g/mol. The summed E-state index contributed by atoms with van der Waals surface area (Å²) < 4.78 is 28.1. The lowest BCUT2D eigenvalue weighted by Crippen LogP contribution is -2.21. The smallest absolute Gasteiger partial charge is 0.297 e. The molecule has 18 heavy (non-hydrogen) atoms. The Balaban J connectivity index is 0.00000289. The van der Waals surface area contributed by atoms with Gasteiger partial charge in [0.15, 0.2) is 0 Å². The molecule has 0 saturated heterocycles. The molecule has 5 nitrogen and oxygen atoms in total. The van der Waals surface area contributed by atoms with E-state index in [4.69, 9.17) is 9.92 Å². The maximum absolute atomic E-state index is 11.7. The van der Waals surface area contributed by atoms with Crippen LogP contribution in [0.4, 0.5) is 0 Å². The summed E-state index contributed by atoms with van der Waals surface area (Å²) in [5.74, 6) is 0. The zero-order valence-corrected chi connectivity index (χ0v) is 11.7. The number of benzene rings is 1. The minimum absolute atomic E-state index is 0. The molecule has 104 valence electrons. The maximum Gasteiger partial charge on any atom is 0.297 e. The first-order chi connectivity index (χ1) is 7.95. The third kappa shape index (κ3) is 5.32. The molecule has 1 rings (SSSR count). The van der Waals surface area contributed by atoms with E-state index in [1.807, 2.05) is 6.92 Å². The molecule has 0 heterocycles. The third-order valence-electron chi connectivity index (χ3n) is 2.23. The van der Waals surface area contributed by atoms with Crippen LogP contribution < -0.4 is 5.73 Å². The molecule has 1 aromatic carbocycles. The van der Waals surface area contributed by atoms with Crippen molar-refractivity contribution in [3.63, 3.8) is 0 Å². The number of nitrogens with two attached hydrogens (primary N) is 1. The van der Waals surface area contributed by atoms with Gasteiger partial charge in [-0.15, -0.1) is 12.4 Å². The SMILES string of the molecule is Cc1ccc(S(=O)(=O)OC[C@@H](O)CCN)cc1.Cl. The first-order valence-electron chi connectivity index (χ1n) is 5.30.